The van der Waals surface area contributed by atoms with Crippen molar-refractivity contribution in [3.05, 3.63) is 82.6 Å². The largest absolute Gasteiger partial charge is 0.265 e. The van der Waals surface area contributed by atoms with Crippen molar-refractivity contribution in [2.24, 2.45) is 0 Å². The van der Waals surface area contributed by atoms with E-state index in [4.69, 9.17) is 0 Å². The molecule has 0 saturated heterocycles. The molecule has 0 aliphatic heterocycles. The van der Waals surface area contributed by atoms with Crippen molar-refractivity contribution in [1.82, 2.24) is 9.97 Å². The summed E-state index contributed by atoms with van der Waals surface area (Å²) in [7, 11) is 0. The normalized spacial score (nSPS) is 11.2. The van der Waals surface area contributed by atoms with E-state index in [9.17, 15) is 0 Å². The molecule has 0 bridgehead atoms. The van der Waals surface area contributed by atoms with Gasteiger partial charge in [-0.1, -0.05) is 81.9 Å². The zero-order chi connectivity index (χ0) is 22.1. The minimum atomic E-state index is 0. The summed E-state index contributed by atoms with van der Waals surface area (Å²) in [5.74, 6) is 0. The summed E-state index contributed by atoms with van der Waals surface area (Å²) in [5.41, 5.74) is 3.45. The molecule has 0 unspecified atom stereocenters. The van der Waals surface area contributed by atoms with Crippen LogP contribution in [0.3, 0.4) is 0 Å². The standard InChI is InChI=1S/2C9H13N.C8H12S.CH4/c1-9(2,3)8-4-6-10-7-5-8;1-9(2,3)8-5-4-6-10-7-8;1-8(2,3)7-5-4-6-9-7;/h2*4-7H,1-3H3;4-6H,1-3H3;1H4. The third-order valence-electron chi connectivity index (χ3n) is 4.33. The molecule has 0 aromatic carbocycles. The van der Waals surface area contributed by atoms with Crippen LogP contribution in [0.15, 0.2) is 66.6 Å². The van der Waals surface area contributed by atoms with Gasteiger partial charge < -0.3 is 0 Å². The van der Waals surface area contributed by atoms with Crippen LogP contribution >= 0.6 is 11.3 Å². The number of aromatic nitrogens is 2. The van der Waals surface area contributed by atoms with Gasteiger partial charge in [0.05, 0.1) is 0 Å². The van der Waals surface area contributed by atoms with E-state index in [1.807, 2.05) is 36.0 Å². The SMILES string of the molecule is C.CC(C)(C)c1cccnc1.CC(C)(C)c1cccs1.CC(C)(C)c1ccncc1. The van der Waals surface area contributed by atoms with E-state index in [0.717, 1.165) is 0 Å². The molecule has 166 valence electrons. The highest BCUT2D eigenvalue weighted by molar-refractivity contribution is 7.10. The lowest BCUT2D eigenvalue weighted by Crippen LogP contribution is -2.10. The van der Waals surface area contributed by atoms with Crippen molar-refractivity contribution in [3.63, 3.8) is 0 Å². The van der Waals surface area contributed by atoms with Gasteiger partial charge in [0.2, 0.25) is 0 Å². The number of pyridine rings is 2. The molecule has 0 fully saturated rings. The lowest BCUT2D eigenvalue weighted by atomic mass is 9.88. The van der Waals surface area contributed by atoms with Gasteiger partial charge in [-0.25, -0.2) is 0 Å². The highest BCUT2D eigenvalue weighted by Crippen LogP contribution is 2.26. The van der Waals surface area contributed by atoms with E-state index in [2.05, 4.69) is 108 Å². The first kappa shape index (κ1) is 28.0. The van der Waals surface area contributed by atoms with Crippen molar-refractivity contribution in [2.75, 3.05) is 0 Å². The maximum absolute atomic E-state index is 4.05. The van der Waals surface area contributed by atoms with E-state index in [1.54, 1.807) is 6.20 Å². The van der Waals surface area contributed by atoms with Crippen LogP contribution in [-0.2, 0) is 16.2 Å². The van der Waals surface area contributed by atoms with Crippen molar-refractivity contribution < 1.29 is 0 Å². The summed E-state index contributed by atoms with van der Waals surface area (Å²) in [6.07, 6.45) is 7.39. The molecule has 0 spiro atoms. The van der Waals surface area contributed by atoms with Crippen LogP contribution in [0.5, 0.6) is 0 Å². The third-order valence-corrected chi connectivity index (χ3v) is 5.63. The minimum Gasteiger partial charge on any atom is -0.265 e. The lowest BCUT2D eigenvalue weighted by Gasteiger charge is -2.17. The number of nitrogens with zero attached hydrogens (tertiary/aromatic N) is 2. The third kappa shape index (κ3) is 10.7. The smallest absolute Gasteiger partial charge is 0.0305 e. The molecule has 3 aromatic rings. The molecule has 2 nitrogen and oxygen atoms in total. The zero-order valence-electron chi connectivity index (χ0n) is 19.7. The van der Waals surface area contributed by atoms with Gasteiger partial charge >= 0.3 is 0 Å². The molecule has 0 radical (unpaired) electrons. The first-order valence-electron chi connectivity index (χ1n) is 10.2. The van der Waals surface area contributed by atoms with Gasteiger partial charge in [0.25, 0.3) is 0 Å². The second kappa shape index (κ2) is 12.0. The van der Waals surface area contributed by atoms with Gasteiger partial charge in [-0.2, -0.15) is 0 Å². The van der Waals surface area contributed by atoms with Gasteiger partial charge in [-0.3, -0.25) is 9.97 Å². The Hall–Kier alpha value is -2.00. The van der Waals surface area contributed by atoms with Crippen molar-refractivity contribution in [1.29, 1.82) is 0 Å². The maximum atomic E-state index is 4.05. The first-order valence-corrected chi connectivity index (χ1v) is 11.0. The molecule has 3 heteroatoms. The Labute approximate surface area is 189 Å². The Morgan fingerprint density at radius 3 is 1.43 bits per heavy atom. The van der Waals surface area contributed by atoms with Gasteiger partial charge in [0.15, 0.2) is 0 Å². The van der Waals surface area contributed by atoms with Crippen LogP contribution in [0.4, 0.5) is 0 Å². The van der Waals surface area contributed by atoms with Crippen molar-refractivity contribution in [3.8, 4) is 0 Å². The van der Waals surface area contributed by atoms with Crippen LogP contribution in [0, 0.1) is 0 Å². The van der Waals surface area contributed by atoms with Crippen LogP contribution in [0.1, 0.15) is 85.7 Å². The summed E-state index contributed by atoms with van der Waals surface area (Å²) in [5, 5.41) is 2.13. The monoisotopic (exact) mass is 426 g/mol. The van der Waals surface area contributed by atoms with Crippen LogP contribution in [0.25, 0.3) is 0 Å². The molecule has 0 amide bonds. The molecule has 0 N–H and O–H groups in total. The molecule has 0 aliphatic rings. The second-order valence-electron chi connectivity index (χ2n) is 10.2. The average Bonchev–Trinajstić information content (AvgIpc) is 3.18. The van der Waals surface area contributed by atoms with E-state index < -0.39 is 0 Å². The topological polar surface area (TPSA) is 25.8 Å². The fourth-order valence-electron chi connectivity index (χ4n) is 2.36. The predicted molar refractivity (Wildman–Crippen MR) is 136 cm³/mol. The Bertz CT molecular complexity index is 739. The van der Waals surface area contributed by atoms with Crippen LogP contribution < -0.4 is 0 Å². The Kier molecular flexibility index (Phi) is 11.2. The molecule has 0 atom stereocenters. The molecular weight excluding hydrogens is 384 g/mol. The Morgan fingerprint density at radius 1 is 0.600 bits per heavy atom. The van der Waals surface area contributed by atoms with Gasteiger partial charge in [-0.05, 0) is 57.0 Å². The summed E-state index contributed by atoms with van der Waals surface area (Å²) < 4.78 is 0. The zero-order valence-corrected chi connectivity index (χ0v) is 20.5. The summed E-state index contributed by atoms with van der Waals surface area (Å²) in [6.45, 7) is 19.8. The summed E-state index contributed by atoms with van der Waals surface area (Å²) >= 11 is 1.83. The fraction of sp³-hybridized carbons (Fsp3) is 0.481. The van der Waals surface area contributed by atoms with Crippen LogP contribution in [-0.4, -0.2) is 9.97 Å². The first-order chi connectivity index (χ1) is 13.3. The van der Waals surface area contributed by atoms with E-state index in [-0.39, 0.29) is 18.3 Å². The quantitative estimate of drug-likeness (QED) is 0.360. The molecule has 0 saturated carbocycles. The highest BCUT2D eigenvalue weighted by Gasteiger charge is 2.13. The maximum Gasteiger partial charge on any atom is 0.0305 e. The fourth-order valence-corrected chi connectivity index (χ4v) is 3.18. The van der Waals surface area contributed by atoms with Gasteiger partial charge in [0, 0.05) is 29.7 Å². The average molecular weight is 427 g/mol. The number of hydrogen-bond donors (Lipinski definition) is 0. The number of rotatable bonds is 0. The van der Waals surface area contributed by atoms with Crippen molar-refractivity contribution >= 4 is 11.3 Å². The molecule has 3 aromatic heterocycles. The lowest BCUT2D eigenvalue weighted by molar-refractivity contribution is 0.587. The van der Waals surface area contributed by atoms with E-state index >= 15 is 0 Å². The molecule has 0 aliphatic carbocycles. The Balaban J connectivity index is 0.000000414. The number of thiophene rings is 1. The molecule has 3 rings (SSSR count). The summed E-state index contributed by atoms with van der Waals surface area (Å²) in [4.78, 5) is 9.47. The highest BCUT2D eigenvalue weighted by atomic mass is 32.1. The Morgan fingerprint density at radius 2 is 1.17 bits per heavy atom. The van der Waals surface area contributed by atoms with E-state index in [0.29, 0.717) is 5.41 Å². The molecular formula is C27H42N2S. The molecule has 3 heterocycles. The van der Waals surface area contributed by atoms with Crippen molar-refractivity contribution in [2.45, 2.75) is 86.0 Å². The van der Waals surface area contributed by atoms with Crippen LogP contribution in [0.2, 0.25) is 0 Å². The minimum absolute atomic E-state index is 0. The van der Waals surface area contributed by atoms with Gasteiger partial charge in [-0.15, -0.1) is 11.3 Å². The second-order valence-corrected chi connectivity index (χ2v) is 11.2. The van der Waals surface area contributed by atoms with Gasteiger partial charge in [0.1, 0.15) is 0 Å². The summed E-state index contributed by atoms with van der Waals surface area (Å²) in [6, 6.07) is 12.5. The predicted octanol–water partition coefficient (Wildman–Crippen LogP) is 8.44. The van der Waals surface area contributed by atoms with E-state index in [1.165, 1.54) is 16.0 Å². The molecule has 30 heavy (non-hydrogen) atoms. The number of hydrogen-bond acceptors (Lipinski definition) is 3.